The van der Waals surface area contributed by atoms with E-state index >= 15 is 0 Å². The average molecular weight is 183 g/mol. The van der Waals surface area contributed by atoms with Gasteiger partial charge in [-0.2, -0.15) is 0 Å². The fraction of sp³-hybridized carbons (Fsp3) is 0.375. The van der Waals surface area contributed by atoms with E-state index in [9.17, 15) is 9.59 Å². The van der Waals surface area contributed by atoms with E-state index in [4.69, 9.17) is 9.84 Å². The summed E-state index contributed by atoms with van der Waals surface area (Å²) < 4.78 is 4.72. The Morgan fingerprint density at radius 3 is 2.62 bits per heavy atom. The molecule has 0 fully saturated rings. The first kappa shape index (κ1) is 9.44. The van der Waals surface area contributed by atoms with Crippen molar-refractivity contribution in [2.24, 2.45) is 10.9 Å². The minimum atomic E-state index is -1.21. The van der Waals surface area contributed by atoms with Gasteiger partial charge in [0.25, 0.3) is 0 Å². The zero-order chi connectivity index (χ0) is 10.0. The molecule has 1 heterocycles. The highest BCUT2D eigenvalue weighted by atomic mass is 16.6. The monoisotopic (exact) mass is 183 g/mol. The average Bonchev–Trinajstić information content (AvgIpc) is 2.31. The molecule has 0 bridgehead atoms. The number of aliphatic carboxylic acids is 1. The molecule has 1 aliphatic heterocycles. The van der Waals surface area contributed by atoms with Gasteiger partial charge < -0.3 is 9.84 Å². The van der Waals surface area contributed by atoms with Crippen LogP contribution in [0.25, 0.3) is 0 Å². The second-order valence-electron chi connectivity index (χ2n) is 2.86. The van der Waals surface area contributed by atoms with Crippen LogP contribution in [0.1, 0.15) is 13.8 Å². The largest absolute Gasteiger partial charge is 0.478 e. The molecule has 0 amide bonds. The smallest absolute Gasteiger partial charge is 0.363 e. The number of carboxylic acid groups (broad SMARTS) is 1. The third-order valence-electron chi connectivity index (χ3n) is 1.39. The van der Waals surface area contributed by atoms with Crippen LogP contribution >= 0.6 is 0 Å². The highest BCUT2D eigenvalue weighted by Crippen LogP contribution is 2.14. The molecule has 13 heavy (non-hydrogen) atoms. The van der Waals surface area contributed by atoms with Crippen molar-refractivity contribution in [2.75, 3.05) is 0 Å². The summed E-state index contributed by atoms with van der Waals surface area (Å²) in [5.41, 5.74) is -0.156. The third kappa shape index (κ3) is 2.14. The molecule has 5 nitrogen and oxygen atoms in total. The number of nitrogens with zero attached hydrogens (tertiary/aromatic N) is 1. The van der Waals surface area contributed by atoms with E-state index in [0.717, 1.165) is 6.08 Å². The van der Waals surface area contributed by atoms with E-state index in [2.05, 4.69) is 4.99 Å². The van der Waals surface area contributed by atoms with E-state index in [0.29, 0.717) is 0 Å². The van der Waals surface area contributed by atoms with E-state index in [1.807, 2.05) is 0 Å². The van der Waals surface area contributed by atoms with Crippen molar-refractivity contribution in [2.45, 2.75) is 13.8 Å². The summed E-state index contributed by atoms with van der Waals surface area (Å²) in [5, 5.41) is 8.36. The van der Waals surface area contributed by atoms with Crippen molar-refractivity contribution < 1.29 is 19.4 Å². The highest BCUT2D eigenvalue weighted by molar-refractivity contribution is 6.07. The molecule has 0 atom stereocenters. The van der Waals surface area contributed by atoms with Crippen LogP contribution in [0.3, 0.4) is 0 Å². The molecule has 0 spiro atoms. The van der Waals surface area contributed by atoms with E-state index < -0.39 is 11.9 Å². The second-order valence-corrected chi connectivity index (χ2v) is 2.86. The first-order valence-corrected chi connectivity index (χ1v) is 3.76. The molecule has 1 aliphatic rings. The zero-order valence-corrected chi connectivity index (χ0v) is 7.27. The molecule has 1 rings (SSSR count). The Kier molecular flexibility index (Phi) is 2.46. The number of cyclic esters (lactones) is 1. The van der Waals surface area contributed by atoms with Gasteiger partial charge >= 0.3 is 11.9 Å². The predicted molar refractivity (Wildman–Crippen MR) is 44.1 cm³/mol. The van der Waals surface area contributed by atoms with Crippen LogP contribution in [0.15, 0.2) is 16.8 Å². The molecule has 70 valence electrons. The Morgan fingerprint density at radius 1 is 1.62 bits per heavy atom. The standard InChI is InChI=1S/C8H9NO4/c1-4(2)7-9-5(3-6(10)11)8(12)13-7/h3-4H,1-2H3,(H,10,11)/b5-3+. The normalized spacial score (nSPS) is 19.2. The van der Waals surface area contributed by atoms with Crippen molar-refractivity contribution in [1.82, 2.24) is 0 Å². The molecule has 0 radical (unpaired) electrons. The summed E-state index contributed by atoms with van der Waals surface area (Å²) in [5.74, 6) is -1.67. The van der Waals surface area contributed by atoms with Crippen LogP contribution in [0.2, 0.25) is 0 Å². The first-order chi connectivity index (χ1) is 6.00. The number of esters is 1. The van der Waals surface area contributed by atoms with Gasteiger partial charge in [0.15, 0.2) is 5.70 Å². The van der Waals surface area contributed by atoms with Crippen molar-refractivity contribution in [3.8, 4) is 0 Å². The molecule has 0 unspecified atom stereocenters. The number of aliphatic imine (C=N–C) groups is 1. The van der Waals surface area contributed by atoms with Gasteiger partial charge in [-0.15, -0.1) is 0 Å². The van der Waals surface area contributed by atoms with Crippen molar-refractivity contribution in [3.05, 3.63) is 11.8 Å². The van der Waals surface area contributed by atoms with E-state index in [-0.39, 0.29) is 17.5 Å². The summed E-state index contributed by atoms with van der Waals surface area (Å²) in [6.07, 6.45) is 0.734. The van der Waals surface area contributed by atoms with Gasteiger partial charge in [0.05, 0.1) is 6.08 Å². The maximum Gasteiger partial charge on any atom is 0.363 e. The van der Waals surface area contributed by atoms with Gasteiger partial charge in [-0.05, 0) is 0 Å². The zero-order valence-electron chi connectivity index (χ0n) is 7.27. The third-order valence-corrected chi connectivity index (χ3v) is 1.39. The Balaban J connectivity index is 2.90. The summed E-state index contributed by atoms with van der Waals surface area (Å²) in [7, 11) is 0. The lowest BCUT2D eigenvalue weighted by Gasteiger charge is -1.99. The summed E-state index contributed by atoms with van der Waals surface area (Å²) in [6, 6.07) is 0. The van der Waals surface area contributed by atoms with Crippen LogP contribution in [0.5, 0.6) is 0 Å². The van der Waals surface area contributed by atoms with Crippen LogP contribution in [-0.4, -0.2) is 22.9 Å². The molecular formula is C8H9NO4. The van der Waals surface area contributed by atoms with Crippen LogP contribution in [0.4, 0.5) is 0 Å². The maximum absolute atomic E-state index is 11.0. The van der Waals surface area contributed by atoms with Crippen LogP contribution in [-0.2, 0) is 14.3 Å². The number of carbonyl (C=O) groups excluding carboxylic acids is 1. The molecule has 0 aromatic rings. The highest BCUT2D eigenvalue weighted by Gasteiger charge is 2.25. The summed E-state index contributed by atoms with van der Waals surface area (Å²) in [6.45, 7) is 3.60. The van der Waals surface area contributed by atoms with Gasteiger partial charge in [0.2, 0.25) is 5.90 Å². The maximum atomic E-state index is 11.0. The van der Waals surface area contributed by atoms with Gasteiger partial charge in [-0.3, -0.25) is 0 Å². The van der Waals surface area contributed by atoms with Gasteiger partial charge in [0, 0.05) is 5.92 Å². The van der Waals surface area contributed by atoms with Crippen molar-refractivity contribution in [1.29, 1.82) is 0 Å². The number of ether oxygens (including phenoxy) is 1. The van der Waals surface area contributed by atoms with Crippen molar-refractivity contribution >= 4 is 17.8 Å². The predicted octanol–water partition coefficient (Wildman–Crippen LogP) is 0.566. The SMILES string of the molecule is CC(C)C1=N/C(=C/C(=O)O)C(=O)O1. The molecule has 0 aromatic carbocycles. The second kappa shape index (κ2) is 3.38. The van der Waals surface area contributed by atoms with E-state index in [1.165, 1.54) is 0 Å². The molecule has 1 N–H and O–H groups in total. The Bertz CT molecular complexity index is 314. The van der Waals surface area contributed by atoms with Gasteiger partial charge in [-0.25, -0.2) is 14.6 Å². The number of carboxylic acids is 1. The van der Waals surface area contributed by atoms with E-state index in [1.54, 1.807) is 13.8 Å². The number of rotatable bonds is 2. The first-order valence-electron chi connectivity index (χ1n) is 3.76. The Labute approximate surface area is 74.7 Å². The van der Waals surface area contributed by atoms with Crippen molar-refractivity contribution in [3.63, 3.8) is 0 Å². The molecule has 0 aromatic heterocycles. The molecule has 5 heteroatoms. The molecule has 0 saturated carbocycles. The minimum Gasteiger partial charge on any atom is -0.478 e. The number of hydrogen-bond donors (Lipinski definition) is 1. The number of hydrogen-bond acceptors (Lipinski definition) is 4. The Morgan fingerprint density at radius 2 is 2.23 bits per heavy atom. The van der Waals surface area contributed by atoms with Gasteiger partial charge in [-0.1, -0.05) is 13.8 Å². The quantitative estimate of drug-likeness (QED) is 0.501. The summed E-state index contributed by atoms with van der Waals surface area (Å²) in [4.78, 5) is 24.9. The lowest BCUT2D eigenvalue weighted by atomic mass is 10.2. The van der Waals surface area contributed by atoms with Crippen LogP contribution in [0, 0.1) is 5.92 Å². The minimum absolute atomic E-state index is 0.0244. The Hall–Kier alpha value is -1.65. The topological polar surface area (TPSA) is 76.0 Å². The molecule has 0 aliphatic carbocycles. The molecule has 0 saturated heterocycles. The number of carbonyl (C=O) groups is 2. The fourth-order valence-corrected chi connectivity index (χ4v) is 0.790. The summed E-state index contributed by atoms with van der Waals surface area (Å²) >= 11 is 0. The fourth-order valence-electron chi connectivity index (χ4n) is 0.790. The van der Waals surface area contributed by atoms with Gasteiger partial charge in [0.1, 0.15) is 0 Å². The molecular weight excluding hydrogens is 174 g/mol. The van der Waals surface area contributed by atoms with Crippen LogP contribution < -0.4 is 0 Å². The lowest BCUT2D eigenvalue weighted by molar-refractivity contribution is -0.133. The lowest BCUT2D eigenvalue weighted by Crippen LogP contribution is -2.10.